The second kappa shape index (κ2) is 4.34. The number of thiophene rings is 1. The highest BCUT2D eigenvalue weighted by Gasteiger charge is 2.48. The molecular formula is C16H21NOS. The number of rotatable bonds is 2. The predicted octanol–water partition coefficient (Wildman–Crippen LogP) is 3.84. The Hall–Kier alpha value is -0.830. The maximum Gasteiger partial charge on any atom is 0.261 e. The van der Waals surface area contributed by atoms with Crippen LogP contribution in [0.4, 0.5) is 0 Å². The van der Waals surface area contributed by atoms with Crippen LogP contribution in [0.15, 0.2) is 17.5 Å². The Morgan fingerprint density at radius 2 is 1.95 bits per heavy atom. The Labute approximate surface area is 118 Å². The fourth-order valence-corrected chi connectivity index (χ4v) is 5.64. The lowest BCUT2D eigenvalue weighted by Crippen LogP contribution is -2.52. The summed E-state index contributed by atoms with van der Waals surface area (Å²) in [6.07, 6.45) is 9.28. The lowest BCUT2D eigenvalue weighted by atomic mass is 9.65. The molecule has 4 bridgehead atoms. The van der Waals surface area contributed by atoms with Crippen LogP contribution in [0.1, 0.15) is 54.6 Å². The zero-order valence-electron chi connectivity index (χ0n) is 11.2. The van der Waals surface area contributed by atoms with Crippen molar-refractivity contribution in [3.63, 3.8) is 0 Å². The van der Waals surface area contributed by atoms with Gasteiger partial charge in [0.15, 0.2) is 0 Å². The van der Waals surface area contributed by atoms with Crippen molar-refractivity contribution in [2.45, 2.75) is 50.5 Å². The average Bonchev–Trinajstić information content (AvgIpc) is 2.83. The second-order valence-electron chi connectivity index (χ2n) is 6.96. The summed E-state index contributed by atoms with van der Waals surface area (Å²) in [6, 6.07) is 3.90. The zero-order chi connectivity index (χ0) is 12.9. The monoisotopic (exact) mass is 275 g/mol. The third kappa shape index (κ3) is 2.12. The van der Waals surface area contributed by atoms with Crippen molar-refractivity contribution in [1.82, 2.24) is 5.32 Å². The molecule has 0 aromatic carbocycles. The summed E-state index contributed by atoms with van der Waals surface area (Å²) in [4.78, 5) is 13.3. The van der Waals surface area contributed by atoms with Gasteiger partial charge >= 0.3 is 0 Å². The summed E-state index contributed by atoms with van der Waals surface area (Å²) >= 11 is 1.55. The molecule has 1 amide bonds. The van der Waals surface area contributed by atoms with Crippen molar-refractivity contribution >= 4 is 17.2 Å². The number of carbonyl (C=O) groups excluding carboxylic acids is 1. The molecule has 19 heavy (non-hydrogen) atoms. The van der Waals surface area contributed by atoms with E-state index in [1.54, 1.807) is 11.3 Å². The van der Waals surface area contributed by atoms with Crippen LogP contribution < -0.4 is 5.32 Å². The van der Waals surface area contributed by atoms with Crippen LogP contribution in [-0.4, -0.2) is 11.4 Å². The lowest BCUT2D eigenvalue weighted by molar-refractivity contribution is 0.0718. The highest BCUT2D eigenvalue weighted by molar-refractivity contribution is 7.12. The molecule has 0 radical (unpaired) electrons. The van der Waals surface area contributed by atoms with Crippen molar-refractivity contribution in [3.05, 3.63) is 22.4 Å². The molecule has 1 aromatic rings. The van der Waals surface area contributed by atoms with Crippen molar-refractivity contribution < 1.29 is 4.79 Å². The second-order valence-corrected chi connectivity index (χ2v) is 7.91. The number of hydrogen-bond acceptors (Lipinski definition) is 2. The van der Waals surface area contributed by atoms with Crippen molar-refractivity contribution in [2.75, 3.05) is 0 Å². The first-order valence-corrected chi connectivity index (χ1v) is 8.46. The van der Waals surface area contributed by atoms with E-state index >= 15 is 0 Å². The largest absolute Gasteiger partial charge is 0.346 e. The topological polar surface area (TPSA) is 29.1 Å². The van der Waals surface area contributed by atoms with Crippen LogP contribution in [0, 0.1) is 17.8 Å². The number of fused-ring (bicyclic) bond motifs is 1. The van der Waals surface area contributed by atoms with Crippen molar-refractivity contribution in [1.29, 1.82) is 0 Å². The molecule has 1 N–H and O–H groups in total. The molecule has 3 heteroatoms. The smallest absolute Gasteiger partial charge is 0.261 e. The Kier molecular flexibility index (Phi) is 2.73. The van der Waals surface area contributed by atoms with E-state index < -0.39 is 0 Å². The Balaban J connectivity index is 1.57. The first-order chi connectivity index (χ1) is 9.22. The normalized spacial score (nSPS) is 40.1. The van der Waals surface area contributed by atoms with E-state index in [0.29, 0.717) is 0 Å². The minimum Gasteiger partial charge on any atom is -0.346 e. The third-order valence-corrected chi connectivity index (χ3v) is 6.38. The first-order valence-electron chi connectivity index (χ1n) is 7.58. The number of nitrogens with one attached hydrogen (secondary N) is 1. The standard InChI is InChI=1S/C16H21NOS/c18-15(14-2-1-5-19-14)17-16-4-3-11-6-12(9-16)8-13(7-11)10-16/h1-2,5,11-13H,3-4,6-10H2,(H,17,18)/t11?,12-,13-,16?/m0/s1. The molecule has 4 fully saturated rings. The molecule has 4 saturated carbocycles. The molecule has 4 aliphatic carbocycles. The van der Waals surface area contributed by atoms with Gasteiger partial charge in [0.1, 0.15) is 0 Å². The average molecular weight is 275 g/mol. The molecule has 2 atom stereocenters. The predicted molar refractivity (Wildman–Crippen MR) is 77.3 cm³/mol. The Bertz CT molecular complexity index is 467. The summed E-state index contributed by atoms with van der Waals surface area (Å²) in [7, 11) is 0. The number of carbonyl (C=O) groups is 1. The molecule has 102 valence electrons. The summed E-state index contributed by atoms with van der Waals surface area (Å²) in [5.41, 5.74) is 0.125. The lowest BCUT2D eigenvalue weighted by Gasteiger charge is -2.45. The fraction of sp³-hybridized carbons (Fsp3) is 0.688. The van der Waals surface area contributed by atoms with Crippen LogP contribution in [0.3, 0.4) is 0 Å². The molecular weight excluding hydrogens is 254 g/mol. The van der Waals surface area contributed by atoms with E-state index in [0.717, 1.165) is 22.6 Å². The van der Waals surface area contributed by atoms with Crippen LogP contribution in [0.2, 0.25) is 0 Å². The molecule has 0 unspecified atom stereocenters. The van der Waals surface area contributed by atoms with E-state index in [-0.39, 0.29) is 11.4 Å². The number of amides is 1. The van der Waals surface area contributed by atoms with E-state index in [9.17, 15) is 4.79 Å². The maximum atomic E-state index is 12.4. The molecule has 1 aromatic heterocycles. The van der Waals surface area contributed by atoms with Crippen LogP contribution in [0.5, 0.6) is 0 Å². The van der Waals surface area contributed by atoms with E-state index in [4.69, 9.17) is 0 Å². The molecule has 0 saturated heterocycles. The molecule has 2 nitrogen and oxygen atoms in total. The van der Waals surface area contributed by atoms with Gasteiger partial charge in [-0.2, -0.15) is 0 Å². The van der Waals surface area contributed by atoms with Gasteiger partial charge in [0.25, 0.3) is 5.91 Å². The molecule has 1 heterocycles. The van der Waals surface area contributed by atoms with Gasteiger partial charge in [-0.1, -0.05) is 6.07 Å². The zero-order valence-corrected chi connectivity index (χ0v) is 12.0. The van der Waals surface area contributed by atoms with Crippen LogP contribution in [0.25, 0.3) is 0 Å². The number of hydrogen-bond donors (Lipinski definition) is 1. The van der Waals surface area contributed by atoms with Gasteiger partial charge < -0.3 is 5.32 Å². The summed E-state index contributed by atoms with van der Waals surface area (Å²) in [6.45, 7) is 0. The molecule has 4 aliphatic rings. The summed E-state index contributed by atoms with van der Waals surface area (Å²) in [5, 5.41) is 5.42. The minimum atomic E-state index is 0.125. The molecule has 5 rings (SSSR count). The van der Waals surface area contributed by atoms with E-state index in [1.807, 2.05) is 17.5 Å². The maximum absolute atomic E-state index is 12.4. The quantitative estimate of drug-likeness (QED) is 0.873. The fourth-order valence-electron chi connectivity index (χ4n) is 5.02. The van der Waals surface area contributed by atoms with Crippen molar-refractivity contribution in [2.24, 2.45) is 17.8 Å². The van der Waals surface area contributed by atoms with Crippen molar-refractivity contribution in [3.8, 4) is 0 Å². The highest BCUT2D eigenvalue weighted by Crippen LogP contribution is 2.53. The third-order valence-electron chi connectivity index (χ3n) is 5.51. The van der Waals surface area contributed by atoms with Gasteiger partial charge in [0.2, 0.25) is 0 Å². The summed E-state index contributed by atoms with van der Waals surface area (Å²) in [5.74, 6) is 2.87. The highest BCUT2D eigenvalue weighted by atomic mass is 32.1. The Morgan fingerprint density at radius 1 is 1.21 bits per heavy atom. The van der Waals surface area contributed by atoms with Crippen LogP contribution >= 0.6 is 11.3 Å². The summed E-state index contributed by atoms with van der Waals surface area (Å²) < 4.78 is 0. The molecule has 0 aliphatic heterocycles. The van der Waals surface area contributed by atoms with Gasteiger partial charge in [-0.05, 0) is 74.1 Å². The van der Waals surface area contributed by atoms with Gasteiger partial charge in [0.05, 0.1) is 4.88 Å². The Morgan fingerprint density at radius 3 is 2.63 bits per heavy atom. The molecule has 0 spiro atoms. The van der Waals surface area contributed by atoms with Crippen LogP contribution in [-0.2, 0) is 0 Å². The minimum absolute atomic E-state index is 0.125. The van der Waals surface area contributed by atoms with E-state index in [1.165, 1.54) is 44.9 Å². The van der Waals surface area contributed by atoms with Gasteiger partial charge in [0, 0.05) is 5.54 Å². The van der Waals surface area contributed by atoms with Gasteiger partial charge in [-0.3, -0.25) is 4.79 Å². The SMILES string of the molecule is O=C(NC12CCC3C[C@@H](C[C@H](C3)C1)C2)c1cccs1. The van der Waals surface area contributed by atoms with Gasteiger partial charge in [-0.25, -0.2) is 0 Å². The van der Waals surface area contributed by atoms with Gasteiger partial charge in [-0.15, -0.1) is 11.3 Å². The first kappa shape index (κ1) is 12.0. The van der Waals surface area contributed by atoms with E-state index in [2.05, 4.69) is 5.32 Å².